The van der Waals surface area contributed by atoms with Crippen molar-refractivity contribution in [3.8, 4) is 0 Å². The van der Waals surface area contributed by atoms with Gasteiger partial charge >= 0.3 is 0 Å². The van der Waals surface area contributed by atoms with E-state index in [0.717, 1.165) is 32.8 Å². The van der Waals surface area contributed by atoms with Gasteiger partial charge in [0.15, 0.2) is 0 Å². The average molecular weight is 297 g/mol. The van der Waals surface area contributed by atoms with Gasteiger partial charge < -0.3 is 10.1 Å². The lowest BCUT2D eigenvalue weighted by Gasteiger charge is -2.47. The molecule has 0 aliphatic carbocycles. The van der Waals surface area contributed by atoms with Crippen LogP contribution < -0.4 is 5.32 Å². The number of ether oxygens (including phenoxy) is 1. The summed E-state index contributed by atoms with van der Waals surface area (Å²) in [6.07, 6.45) is 1.20. The molecule has 124 valence electrons. The lowest BCUT2D eigenvalue weighted by molar-refractivity contribution is 0.0126. The Hall–Kier alpha value is -0.160. The summed E-state index contributed by atoms with van der Waals surface area (Å²) in [4.78, 5) is 5.14. The molecule has 0 bridgehead atoms. The van der Waals surface area contributed by atoms with Crippen molar-refractivity contribution >= 4 is 0 Å². The molecule has 0 aromatic heterocycles. The fraction of sp³-hybridized carbons (Fsp3) is 1.00. The second-order valence-corrected chi connectivity index (χ2v) is 8.27. The third kappa shape index (κ3) is 4.65. The zero-order chi connectivity index (χ0) is 15.5. The molecule has 1 N–H and O–H groups in total. The van der Waals surface area contributed by atoms with Crippen molar-refractivity contribution in [1.29, 1.82) is 0 Å². The Labute approximate surface area is 131 Å². The average Bonchev–Trinajstić information content (AvgIpc) is 2.82. The number of nitrogens with one attached hydrogen (secondary N) is 1. The molecule has 0 amide bonds. The summed E-state index contributed by atoms with van der Waals surface area (Å²) in [7, 11) is 2.25. The van der Waals surface area contributed by atoms with Crippen molar-refractivity contribution in [3.05, 3.63) is 0 Å². The fourth-order valence-electron chi connectivity index (χ4n) is 3.55. The summed E-state index contributed by atoms with van der Waals surface area (Å²) in [6, 6.07) is 0. The largest absolute Gasteiger partial charge is 0.381 e. The van der Waals surface area contributed by atoms with Crippen LogP contribution in [-0.4, -0.2) is 74.9 Å². The molecule has 4 nitrogen and oxygen atoms in total. The van der Waals surface area contributed by atoms with Gasteiger partial charge in [-0.3, -0.25) is 9.80 Å². The lowest BCUT2D eigenvalue weighted by Crippen LogP contribution is -2.60. The minimum atomic E-state index is 0.282. The van der Waals surface area contributed by atoms with E-state index in [1.165, 1.54) is 26.1 Å². The third-order valence-electron chi connectivity index (χ3n) is 5.19. The summed E-state index contributed by atoms with van der Waals surface area (Å²) in [6.45, 7) is 18.0. The molecular weight excluding hydrogens is 262 g/mol. The van der Waals surface area contributed by atoms with Crippen LogP contribution in [0.2, 0.25) is 0 Å². The first-order valence-corrected chi connectivity index (χ1v) is 8.55. The van der Waals surface area contributed by atoms with E-state index in [1.54, 1.807) is 0 Å². The summed E-state index contributed by atoms with van der Waals surface area (Å²) >= 11 is 0. The first kappa shape index (κ1) is 17.2. The van der Waals surface area contributed by atoms with Gasteiger partial charge in [-0.15, -0.1) is 0 Å². The molecule has 4 heteroatoms. The molecule has 2 fully saturated rings. The summed E-state index contributed by atoms with van der Waals surface area (Å²) in [5.41, 5.74) is 0.602. The predicted molar refractivity (Wildman–Crippen MR) is 88.7 cm³/mol. The maximum Gasteiger partial charge on any atom is 0.0547 e. The van der Waals surface area contributed by atoms with Gasteiger partial charge in [-0.1, -0.05) is 13.8 Å². The van der Waals surface area contributed by atoms with E-state index >= 15 is 0 Å². The van der Waals surface area contributed by atoms with Crippen molar-refractivity contribution in [1.82, 2.24) is 15.1 Å². The van der Waals surface area contributed by atoms with E-state index in [2.05, 4.69) is 49.9 Å². The normalized spacial score (nSPS) is 31.1. The number of hydrogen-bond donors (Lipinski definition) is 1. The highest BCUT2D eigenvalue weighted by atomic mass is 16.5. The van der Waals surface area contributed by atoms with Gasteiger partial charge in [-0.05, 0) is 39.8 Å². The van der Waals surface area contributed by atoms with Gasteiger partial charge in [0.2, 0.25) is 0 Å². The molecule has 2 saturated heterocycles. The second-order valence-electron chi connectivity index (χ2n) is 8.27. The van der Waals surface area contributed by atoms with Crippen LogP contribution >= 0.6 is 0 Å². The van der Waals surface area contributed by atoms with Crippen molar-refractivity contribution < 1.29 is 4.74 Å². The van der Waals surface area contributed by atoms with Crippen molar-refractivity contribution in [2.75, 3.05) is 59.5 Å². The van der Waals surface area contributed by atoms with Gasteiger partial charge in [0.05, 0.1) is 6.61 Å². The van der Waals surface area contributed by atoms with Crippen molar-refractivity contribution in [2.24, 2.45) is 11.3 Å². The van der Waals surface area contributed by atoms with E-state index in [9.17, 15) is 0 Å². The van der Waals surface area contributed by atoms with E-state index in [-0.39, 0.29) is 5.54 Å². The molecule has 1 atom stereocenters. The lowest BCUT2D eigenvalue weighted by atomic mass is 9.85. The molecule has 0 radical (unpaired) electrons. The highest BCUT2D eigenvalue weighted by molar-refractivity contribution is 4.94. The number of piperazine rings is 1. The molecule has 0 saturated carbocycles. The zero-order valence-corrected chi connectivity index (χ0v) is 14.7. The number of likely N-dealkylation sites (N-methyl/N-ethyl adjacent to an activating group) is 1. The standard InChI is InChI=1S/C17H35N3O/c1-15(2)10-18-11-17(6-9-21-14-17)13-20-8-7-19(5)16(3,4)12-20/h15,18H,6-14H2,1-5H3. The smallest absolute Gasteiger partial charge is 0.0547 e. The summed E-state index contributed by atoms with van der Waals surface area (Å²) < 4.78 is 5.76. The van der Waals surface area contributed by atoms with Crippen LogP contribution in [0, 0.1) is 11.3 Å². The van der Waals surface area contributed by atoms with Gasteiger partial charge in [0.1, 0.15) is 0 Å². The molecule has 1 unspecified atom stereocenters. The van der Waals surface area contributed by atoms with Crippen molar-refractivity contribution in [3.63, 3.8) is 0 Å². The Bertz CT molecular complexity index is 324. The quantitative estimate of drug-likeness (QED) is 0.807. The Balaban J connectivity index is 1.90. The highest BCUT2D eigenvalue weighted by Gasteiger charge is 2.39. The predicted octanol–water partition coefficient (Wildman–Crippen LogP) is 1.66. The Kier molecular flexibility index (Phi) is 5.69. The number of nitrogens with zero attached hydrogens (tertiary/aromatic N) is 2. The second kappa shape index (κ2) is 6.95. The summed E-state index contributed by atoms with van der Waals surface area (Å²) in [5.74, 6) is 0.715. The van der Waals surface area contributed by atoms with E-state index < -0.39 is 0 Å². The minimum absolute atomic E-state index is 0.282. The SMILES string of the molecule is CC(C)CNCC1(CN2CCN(C)C(C)(C)C2)CCOC1. The van der Waals surface area contributed by atoms with Crippen LogP contribution in [0.3, 0.4) is 0 Å². The minimum Gasteiger partial charge on any atom is -0.381 e. The van der Waals surface area contributed by atoms with E-state index in [1.807, 2.05) is 0 Å². The molecule has 2 heterocycles. The first-order chi connectivity index (χ1) is 9.83. The molecule has 0 aromatic carbocycles. The van der Waals surface area contributed by atoms with Crippen LogP contribution in [0.25, 0.3) is 0 Å². The van der Waals surface area contributed by atoms with E-state index in [4.69, 9.17) is 4.74 Å². The Morgan fingerprint density at radius 1 is 1.24 bits per heavy atom. The summed E-state index contributed by atoms with van der Waals surface area (Å²) in [5, 5.41) is 3.67. The first-order valence-electron chi connectivity index (χ1n) is 8.55. The Morgan fingerprint density at radius 2 is 2.00 bits per heavy atom. The maximum absolute atomic E-state index is 5.76. The van der Waals surface area contributed by atoms with Crippen LogP contribution in [0.1, 0.15) is 34.1 Å². The third-order valence-corrected chi connectivity index (χ3v) is 5.19. The van der Waals surface area contributed by atoms with Crippen LogP contribution in [0.4, 0.5) is 0 Å². The van der Waals surface area contributed by atoms with Gasteiger partial charge in [-0.2, -0.15) is 0 Å². The van der Waals surface area contributed by atoms with Crippen LogP contribution in [-0.2, 0) is 4.74 Å². The fourth-order valence-corrected chi connectivity index (χ4v) is 3.55. The Morgan fingerprint density at radius 3 is 2.57 bits per heavy atom. The molecule has 21 heavy (non-hydrogen) atoms. The van der Waals surface area contributed by atoms with Crippen LogP contribution in [0.15, 0.2) is 0 Å². The monoisotopic (exact) mass is 297 g/mol. The molecule has 2 rings (SSSR count). The van der Waals surface area contributed by atoms with E-state index in [0.29, 0.717) is 11.3 Å². The highest BCUT2D eigenvalue weighted by Crippen LogP contribution is 2.31. The molecule has 2 aliphatic heterocycles. The molecular formula is C17H35N3O. The number of rotatable bonds is 6. The molecule has 0 aromatic rings. The number of hydrogen-bond acceptors (Lipinski definition) is 4. The topological polar surface area (TPSA) is 27.7 Å². The molecule has 2 aliphatic rings. The van der Waals surface area contributed by atoms with Gasteiger partial charge in [-0.25, -0.2) is 0 Å². The van der Waals surface area contributed by atoms with Crippen molar-refractivity contribution in [2.45, 2.75) is 39.7 Å². The van der Waals surface area contributed by atoms with Gasteiger partial charge in [0.25, 0.3) is 0 Å². The zero-order valence-electron chi connectivity index (χ0n) is 14.7. The maximum atomic E-state index is 5.76. The molecule has 0 spiro atoms. The van der Waals surface area contributed by atoms with Gasteiger partial charge in [0, 0.05) is 50.3 Å². The van der Waals surface area contributed by atoms with Crippen LogP contribution in [0.5, 0.6) is 0 Å².